The van der Waals surface area contributed by atoms with Crippen LogP contribution >= 0.6 is 0 Å². The molecule has 0 bridgehead atoms. The molecule has 0 saturated heterocycles. The molecule has 0 aromatic heterocycles. The monoisotopic (exact) mass is 369 g/mol. The first-order valence-corrected chi connectivity index (χ1v) is 10.5. The normalized spacial score (nSPS) is 13.7. The average Bonchev–Trinajstić information content (AvgIpc) is 2.60. The number of hydrogen-bond donors (Lipinski definition) is 3. The lowest BCUT2D eigenvalue weighted by Gasteiger charge is -2.30. The number of rotatable bonds is 10. The number of sulfonamides is 1. The third-order valence-electron chi connectivity index (χ3n) is 3.91. The summed E-state index contributed by atoms with van der Waals surface area (Å²) in [6.07, 6.45) is 1.15. The van der Waals surface area contributed by atoms with E-state index in [1.807, 2.05) is 6.07 Å². The summed E-state index contributed by atoms with van der Waals surface area (Å²) in [5.41, 5.74) is 1.26. The summed E-state index contributed by atoms with van der Waals surface area (Å²) in [4.78, 5) is 6.59. The van der Waals surface area contributed by atoms with Crippen LogP contribution in [0, 0.1) is 0 Å². The standard InChI is InChI=1S/C17H31N5O2S/c1-5-22(6-2)16(15-10-8-7-9-11-15)14-20-17(18-3)19-12-13-21-25(4,23)24/h7-11,16,21H,5-6,12-14H2,1-4H3,(H2,18,19,20). The van der Waals surface area contributed by atoms with Crippen LogP contribution in [-0.4, -0.2) is 65.3 Å². The molecule has 0 heterocycles. The number of aliphatic imine (C=N–C) groups is 1. The Balaban J connectivity index is 2.61. The van der Waals surface area contributed by atoms with E-state index < -0.39 is 10.0 Å². The van der Waals surface area contributed by atoms with E-state index in [4.69, 9.17) is 0 Å². The maximum Gasteiger partial charge on any atom is 0.208 e. The summed E-state index contributed by atoms with van der Waals surface area (Å²) in [5, 5.41) is 6.45. The number of benzene rings is 1. The van der Waals surface area contributed by atoms with Crippen molar-refractivity contribution in [2.75, 3.05) is 46.0 Å². The van der Waals surface area contributed by atoms with Crippen LogP contribution in [0.2, 0.25) is 0 Å². The van der Waals surface area contributed by atoms with Crippen molar-refractivity contribution < 1.29 is 8.42 Å². The van der Waals surface area contributed by atoms with E-state index in [2.05, 4.69) is 63.4 Å². The quantitative estimate of drug-likeness (QED) is 0.322. The van der Waals surface area contributed by atoms with Gasteiger partial charge in [-0.1, -0.05) is 44.2 Å². The molecule has 0 spiro atoms. The predicted octanol–water partition coefficient (Wildman–Crippen LogP) is 0.784. The van der Waals surface area contributed by atoms with Crippen molar-refractivity contribution in [3.8, 4) is 0 Å². The Hall–Kier alpha value is -1.64. The zero-order chi connectivity index (χ0) is 18.7. The van der Waals surface area contributed by atoms with Crippen molar-refractivity contribution >= 4 is 16.0 Å². The number of guanidine groups is 1. The lowest BCUT2D eigenvalue weighted by atomic mass is 10.1. The maximum absolute atomic E-state index is 11.1. The van der Waals surface area contributed by atoms with Crippen molar-refractivity contribution in [1.82, 2.24) is 20.3 Å². The first-order valence-electron chi connectivity index (χ1n) is 8.59. The minimum atomic E-state index is -3.17. The molecular weight excluding hydrogens is 338 g/mol. The second kappa shape index (κ2) is 11.1. The molecule has 0 amide bonds. The van der Waals surface area contributed by atoms with Crippen molar-refractivity contribution in [2.24, 2.45) is 4.99 Å². The molecule has 0 saturated carbocycles. The van der Waals surface area contributed by atoms with Gasteiger partial charge >= 0.3 is 0 Å². The Morgan fingerprint density at radius 1 is 1.12 bits per heavy atom. The van der Waals surface area contributed by atoms with Gasteiger partial charge < -0.3 is 10.6 Å². The van der Waals surface area contributed by atoms with E-state index in [-0.39, 0.29) is 6.04 Å². The SMILES string of the molecule is CCN(CC)C(CNC(=NC)NCCNS(C)(=O)=O)c1ccccc1. The molecule has 8 heteroatoms. The highest BCUT2D eigenvalue weighted by Crippen LogP contribution is 2.19. The second-order valence-corrected chi connectivity index (χ2v) is 7.53. The van der Waals surface area contributed by atoms with Gasteiger partial charge in [-0.15, -0.1) is 0 Å². The zero-order valence-corrected chi connectivity index (χ0v) is 16.4. The van der Waals surface area contributed by atoms with Crippen LogP contribution in [0.15, 0.2) is 35.3 Å². The van der Waals surface area contributed by atoms with Crippen molar-refractivity contribution in [3.05, 3.63) is 35.9 Å². The minimum absolute atomic E-state index is 0.240. The second-order valence-electron chi connectivity index (χ2n) is 5.69. The summed E-state index contributed by atoms with van der Waals surface area (Å²) >= 11 is 0. The molecule has 1 unspecified atom stereocenters. The van der Waals surface area contributed by atoms with Gasteiger partial charge in [0.15, 0.2) is 5.96 Å². The molecule has 0 fully saturated rings. The molecule has 0 radical (unpaired) electrons. The van der Waals surface area contributed by atoms with Crippen molar-refractivity contribution in [2.45, 2.75) is 19.9 Å². The van der Waals surface area contributed by atoms with Crippen LogP contribution in [-0.2, 0) is 10.0 Å². The number of hydrogen-bond acceptors (Lipinski definition) is 4. The van der Waals surface area contributed by atoms with E-state index in [0.717, 1.165) is 19.3 Å². The van der Waals surface area contributed by atoms with Crippen LogP contribution in [0.3, 0.4) is 0 Å². The van der Waals surface area contributed by atoms with Gasteiger partial charge in [-0.05, 0) is 18.7 Å². The van der Waals surface area contributed by atoms with Crippen molar-refractivity contribution in [3.63, 3.8) is 0 Å². The van der Waals surface area contributed by atoms with E-state index in [9.17, 15) is 8.42 Å². The fraction of sp³-hybridized carbons (Fsp3) is 0.588. The fourth-order valence-corrected chi connectivity index (χ4v) is 3.10. The third kappa shape index (κ3) is 8.33. The molecule has 1 atom stereocenters. The van der Waals surface area contributed by atoms with Gasteiger partial charge in [-0.3, -0.25) is 9.89 Å². The smallest absolute Gasteiger partial charge is 0.208 e. The molecule has 0 aliphatic heterocycles. The Bertz CT molecular complexity index is 615. The largest absolute Gasteiger partial charge is 0.355 e. The highest BCUT2D eigenvalue weighted by atomic mass is 32.2. The van der Waals surface area contributed by atoms with E-state index >= 15 is 0 Å². The van der Waals surface area contributed by atoms with E-state index in [0.29, 0.717) is 25.6 Å². The maximum atomic E-state index is 11.1. The molecule has 1 aromatic carbocycles. The minimum Gasteiger partial charge on any atom is -0.355 e. The molecule has 1 rings (SSSR count). The van der Waals surface area contributed by atoms with E-state index in [1.54, 1.807) is 7.05 Å². The van der Waals surface area contributed by atoms with Crippen LogP contribution in [0.4, 0.5) is 0 Å². The van der Waals surface area contributed by atoms with E-state index in [1.165, 1.54) is 5.56 Å². The van der Waals surface area contributed by atoms with Gasteiger partial charge in [0.25, 0.3) is 0 Å². The Morgan fingerprint density at radius 3 is 2.28 bits per heavy atom. The Labute approximate surface area is 152 Å². The lowest BCUT2D eigenvalue weighted by Crippen LogP contribution is -2.45. The van der Waals surface area contributed by atoms with Crippen LogP contribution in [0.25, 0.3) is 0 Å². The fourth-order valence-electron chi connectivity index (χ4n) is 2.63. The topological polar surface area (TPSA) is 85.8 Å². The van der Waals surface area contributed by atoms with Gasteiger partial charge in [-0.25, -0.2) is 13.1 Å². The summed E-state index contributed by atoms with van der Waals surface area (Å²) < 4.78 is 24.6. The first kappa shape index (κ1) is 21.4. The van der Waals surface area contributed by atoms with Crippen LogP contribution < -0.4 is 15.4 Å². The molecule has 25 heavy (non-hydrogen) atoms. The summed E-state index contributed by atoms with van der Waals surface area (Å²) in [7, 11) is -1.46. The molecule has 142 valence electrons. The summed E-state index contributed by atoms with van der Waals surface area (Å²) in [6.45, 7) is 7.73. The molecule has 0 aliphatic carbocycles. The van der Waals surface area contributed by atoms with Gasteiger partial charge in [0.05, 0.1) is 12.3 Å². The van der Waals surface area contributed by atoms with Gasteiger partial charge in [-0.2, -0.15) is 0 Å². The first-order chi connectivity index (χ1) is 11.9. The molecule has 7 nitrogen and oxygen atoms in total. The van der Waals surface area contributed by atoms with Gasteiger partial charge in [0.1, 0.15) is 0 Å². The highest BCUT2D eigenvalue weighted by Gasteiger charge is 2.18. The average molecular weight is 370 g/mol. The number of likely N-dealkylation sites (N-methyl/N-ethyl adjacent to an activating group) is 1. The molecule has 1 aromatic rings. The molecular formula is C17H31N5O2S. The number of nitrogens with zero attached hydrogens (tertiary/aromatic N) is 2. The lowest BCUT2D eigenvalue weighted by molar-refractivity contribution is 0.219. The Morgan fingerprint density at radius 2 is 1.76 bits per heavy atom. The number of nitrogens with one attached hydrogen (secondary N) is 3. The molecule has 0 aliphatic rings. The summed E-state index contributed by atoms with van der Waals surface area (Å²) in [6, 6.07) is 10.6. The third-order valence-corrected chi connectivity index (χ3v) is 4.63. The predicted molar refractivity (Wildman–Crippen MR) is 104 cm³/mol. The van der Waals surface area contributed by atoms with Crippen LogP contribution in [0.1, 0.15) is 25.5 Å². The van der Waals surface area contributed by atoms with Gasteiger partial charge in [0.2, 0.25) is 10.0 Å². The zero-order valence-electron chi connectivity index (χ0n) is 15.6. The molecule has 3 N–H and O–H groups in total. The van der Waals surface area contributed by atoms with Crippen LogP contribution in [0.5, 0.6) is 0 Å². The summed E-state index contributed by atoms with van der Waals surface area (Å²) in [5.74, 6) is 0.656. The Kier molecular flexibility index (Phi) is 9.48. The highest BCUT2D eigenvalue weighted by molar-refractivity contribution is 7.88. The van der Waals surface area contributed by atoms with Crippen molar-refractivity contribution in [1.29, 1.82) is 0 Å². The van der Waals surface area contributed by atoms with Gasteiger partial charge in [0, 0.05) is 26.7 Å².